The predicted octanol–water partition coefficient (Wildman–Crippen LogP) is 2.14. The number of phenolic OH excluding ortho intramolecular Hbond substituents is 2. The van der Waals surface area contributed by atoms with Crippen LogP contribution in [-0.4, -0.2) is 33.8 Å². The highest BCUT2D eigenvalue weighted by Crippen LogP contribution is 2.43. The molecule has 0 bridgehead atoms. The zero-order chi connectivity index (χ0) is 15.4. The molecule has 5 nitrogen and oxygen atoms in total. The molecule has 3 N–H and O–H groups in total. The quantitative estimate of drug-likeness (QED) is 0.748. The van der Waals surface area contributed by atoms with Gasteiger partial charge in [0.25, 0.3) is 0 Å². The van der Waals surface area contributed by atoms with Gasteiger partial charge in [-0.05, 0) is 30.0 Å². The maximum Gasteiger partial charge on any atom is 0.169 e. The molecule has 2 aromatic rings. The van der Waals surface area contributed by atoms with Gasteiger partial charge in [0.2, 0.25) is 0 Å². The Hall–Kier alpha value is -2.27. The van der Waals surface area contributed by atoms with Gasteiger partial charge in [-0.3, -0.25) is 4.79 Å². The van der Waals surface area contributed by atoms with Gasteiger partial charge in [-0.15, -0.1) is 0 Å². The number of hydrogen-bond donors (Lipinski definition) is 3. The fraction of sp³-hybridized carbons (Fsp3) is 0.312. The van der Waals surface area contributed by atoms with Gasteiger partial charge >= 0.3 is 0 Å². The number of phenols is 2. The molecule has 0 aromatic heterocycles. The molecule has 0 heterocycles. The molecule has 1 atom stereocenters. The summed E-state index contributed by atoms with van der Waals surface area (Å²) in [6.07, 6.45) is 0.245. The van der Waals surface area contributed by atoms with Crippen molar-refractivity contribution in [3.8, 4) is 17.2 Å². The Morgan fingerprint density at radius 2 is 1.90 bits per heavy atom. The minimum absolute atomic E-state index is 0.00703. The second kappa shape index (κ2) is 4.36. The van der Waals surface area contributed by atoms with E-state index in [1.54, 1.807) is 13.0 Å². The van der Waals surface area contributed by atoms with Crippen molar-refractivity contribution in [2.45, 2.75) is 25.4 Å². The van der Waals surface area contributed by atoms with E-state index in [9.17, 15) is 20.1 Å². The number of methoxy groups -OCH3 is 1. The van der Waals surface area contributed by atoms with Gasteiger partial charge < -0.3 is 20.1 Å². The monoisotopic (exact) mass is 288 g/mol. The van der Waals surface area contributed by atoms with Crippen molar-refractivity contribution < 1.29 is 24.9 Å². The third kappa shape index (κ3) is 2.10. The Balaban J connectivity index is 2.38. The summed E-state index contributed by atoms with van der Waals surface area (Å²) in [5.74, 6) is -0.140. The van der Waals surface area contributed by atoms with E-state index in [-0.39, 0.29) is 35.7 Å². The van der Waals surface area contributed by atoms with Gasteiger partial charge in [-0.2, -0.15) is 0 Å². The van der Waals surface area contributed by atoms with E-state index in [2.05, 4.69) is 0 Å². The molecular formula is C16H16O5. The molecule has 1 aliphatic rings. The summed E-state index contributed by atoms with van der Waals surface area (Å²) in [6.45, 7) is 1.60. The lowest BCUT2D eigenvalue weighted by molar-refractivity contribution is 0.0409. The number of aliphatic hydroxyl groups is 1. The van der Waals surface area contributed by atoms with Crippen LogP contribution in [0.1, 0.15) is 29.3 Å². The van der Waals surface area contributed by atoms with E-state index in [0.29, 0.717) is 22.1 Å². The predicted molar refractivity (Wildman–Crippen MR) is 77.1 cm³/mol. The maximum absolute atomic E-state index is 12.2. The molecule has 0 unspecified atom stereocenters. The van der Waals surface area contributed by atoms with E-state index in [4.69, 9.17) is 4.74 Å². The van der Waals surface area contributed by atoms with Crippen molar-refractivity contribution in [3.63, 3.8) is 0 Å². The number of ketones is 1. The zero-order valence-electron chi connectivity index (χ0n) is 11.8. The van der Waals surface area contributed by atoms with Gasteiger partial charge in [0, 0.05) is 18.9 Å². The lowest BCUT2D eigenvalue weighted by Crippen LogP contribution is -2.35. The summed E-state index contributed by atoms with van der Waals surface area (Å²) < 4.78 is 5.18. The average molecular weight is 288 g/mol. The molecule has 0 spiro atoms. The van der Waals surface area contributed by atoms with Gasteiger partial charge in [-0.25, -0.2) is 0 Å². The molecule has 0 amide bonds. The van der Waals surface area contributed by atoms with E-state index >= 15 is 0 Å². The molecule has 0 saturated carbocycles. The summed E-state index contributed by atoms with van der Waals surface area (Å²) in [4.78, 5) is 12.2. The number of fused-ring (bicyclic) bond motifs is 2. The summed E-state index contributed by atoms with van der Waals surface area (Å²) in [5.41, 5.74) is -0.308. The third-order valence-electron chi connectivity index (χ3n) is 3.85. The molecule has 0 radical (unpaired) electrons. The van der Waals surface area contributed by atoms with E-state index in [1.165, 1.54) is 19.2 Å². The van der Waals surface area contributed by atoms with Crippen molar-refractivity contribution >= 4 is 16.6 Å². The second-order valence-corrected chi connectivity index (χ2v) is 5.78. The minimum atomic E-state index is -1.12. The van der Waals surface area contributed by atoms with Crippen molar-refractivity contribution in [2.75, 3.05) is 7.11 Å². The first-order valence-electron chi connectivity index (χ1n) is 6.63. The van der Waals surface area contributed by atoms with Gasteiger partial charge in [0.05, 0.1) is 23.7 Å². The van der Waals surface area contributed by atoms with Crippen LogP contribution in [0.3, 0.4) is 0 Å². The van der Waals surface area contributed by atoms with Crippen LogP contribution in [-0.2, 0) is 6.42 Å². The second-order valence-electron chi connectivity index (χ2n) is 5.78. The molecule has 1 aliphatic carbocycles. The standard InChI is InChI=1S/C16H16O5/c1-16(20)6-9-3-8-4-10(17)5-12(21-2)14(8)15(19)13(9)11(18)7-16/h3-5,17,19-20H,6-7H2,1-2H3/t16-/m0/s1. The van der Waals surface area contributed by atoms with E-state index in [0.717, 1.165) is 0 Å². The lowest BCUT2D eigenvalue weighted by atomic mass is 9.79. The minimum Gasteiger partial charge on any atom is -0.508 e. The van der Waals surface area contributed by atoms with Crippen LogP contribution in [0, 0.1) is 0 Å². The van der Waals surface area contributed by atoms with Crippen molar-refractivity contribution in [3.05, 3.63) is 29.3 Å². The highest BCUT2D eigenvalue weighted by Gasteiger charge is 2.35. The Bertz CT molecular complexity index is 761. The van der Waals surface area contributed by atoms with Crippen LogP contribution in [0.5, 0.6) is 17.2 Å². The van der Waals surface area contributed by atoms with Crippen molar-refractivity contribution in [1.29, 1.82) is 0 Å². The fourth-order valence-corrected chi connectivity index (χ4v) is 3.04. The SMILES string of the molecule is COc1cc(O)cc2cc3c(c(O)c12)C(=O)C[C@@](C)(O)C3. The molecule has 3 rings (SSSR count). The first-order chi connectivity index (χ1) is 9.82. The van der Waals surface area contributed by atoms with Crippen LogP contribution < -0.4 is 4.74 Å². The van der Waals surface area contributed by atoms with Gasteiger partial charge in [0.1, 0.15) is 17.2 Å². The van der Waals surface area contributed by atoms with Crippen molar-refractivity contribution in [1.82, 2.24) is 0 Å². The first kappa shape index (κ1) is 13.7. The Kier molecular flexibility index (Phi) is 2.85. The van der Waals surface area contributed by atoms with E-state index in [1.807, 2.05) is 0 Å². The summed E-state index contributed by atoms with van der Waals surface area (Å²) in [7, 11) is 1.43. The summed E-state index contributed by atoms with van der Waals surface area (Å²) >= 11 is 0. The Labute approximate surface area is 121 Å². The number of hydrogen-bond acceptors (Lipinski definition) is 5. The van der Waals surface area contributed by atoms with Crippen LogP contribution in [0.15, 0.2) is 18.2 Å². The number of Topliss-reactive ketones (excluding diaryl/α,β-unsaturated/α-hetero) is 1. The average Bonchev–Trinajstić information content (AvgIpc) is 2.34. The highest BCUT2D eigenvalue weighted by molar-refractivity contribution is 6.09. The van der Waals surface area contributed by atoms with Gasteiger partial charge in [0.15, 0.2) is 5.78 Å². The zero-order valence-corrected chi connectivity index (χ0v) is 11.8. The molecule has 21 heavy (non-hydrogen) atoms. The number of benzene rings is 2. The van der Waals surface area contributed by atoms with E-state index < -0.39 is 5.60 Å². The molecule has 5 heteroatoms. The smallest absolute Gasteiger partial charge is 0.169 e. The Morgan fingerprint density at radius 3 is 2.57 bits per heavy atom. The largest absolute Gasteiger partial charge is 0.508 e. The number of carbonyl (C=O) groups is 1. The van der Waals surface area contributed by atoms with Crippen LogP contribution >= 0.6 is 0 Å². The third-order valence-corrected chi connectivity index (χ3v) is 3.85. The van der Waals surface area contributed by atoms with Gasteiger partial charge in [-0.1, -0.05) is 0 Å². The number of ether oxygens (including phenoxy) is 1. The summed E-state index contributed by atoms with van der Waals surface area (Å²) in [6, 6.07) is 4.59. The number of aromatic hydroxyl groups is 2. The maximum atomic E-state index is 12.2. The molecule has 2 aromatic carbocycles. The number of carbonyl (C=O) groups excluding carboxylic acids is 1. The summed E-state index contributed by atoms with van der Waals surface area (Å²) in [5, 5.41) is 31.3. The van der Waals surface area contributed by atoms with Crippen LogP contribution in [0.2, 0.25) is 0 Å². The molecule has 110 valence electrons. The van der Waals surface area contributed by atoms with Crippen LogP contribution in [0.25, 0.3) is 10.8 Å². The topological polar surface area (TPSA) is 87.0 Å². The number of rotatable bonds is 1. The molecular weight excluding hydrogens is 272 g/mol. The first-order valence-corrected chi connectivity index (χ1v) is 6.63. The fourth-order valence-electron chi connectivity index (χ4n) is 3.04. The molecule has 0 fully saturated rings. The Morgan fingerprint density at radius 1 is 1.19 bits per heavy atom. The van der Waals surface area contributed by atoms with Crippen molar-refractivity contribution in [2.24, 2.45) is 0 Å². The normalized spacial score (nSPS) is 21.4. The molecule has 0 saturated heterocycles. The van der Waals surface area contributed by atoms with Crippen LogP contribution in [0.4, 0.5) is 0 Å². The highest BCUT2D eigenvalue weighted by atomic mass is 16.5. The molecule has 0 aliphatic heterocycles. The lowest BCUT2D eigenvalue weighted by Gasteiger charge is -2.29.